The van der Waals surface area contributed by atoms with Crippen molar-refractivity contribution in [1.29, 1.82) is 0 Å². The van der Waals surface area contributed by atoms with Crippen LogP contribution in [-0.2, 0) is 33.5 Å². The van der Waals surface area contributed by atoms with Crippen molar-refractivity contribution in [3.05, 3.63) is 62.4 Å². The molecule has 1 saturated heterocycles. The standard InChI is InChI=1S/C25H29N2O9P/c1-5-19-21(33-16(2)28)14-22(34-19)27-15-17(23(29)26-24(27)30)10-8-9-13-32-37(31)35-20-12-7-6-11-18(20)25(3,4)36-37/h6-7,11-12,15,19,21-22H,5,9,13-14H2,1-4H3,(H,26,29,30). The summed E-state index contributed by atoms with van der Waals surface area (Å²) < 4.78 is 42.0. The SMILES string of the molecule is CCC1OC(n2cc(C#CCCOP3(=O)Oc4ccccc4C(C)(C)O3)c(=O)[nH]c2=O)CC1OC(C)=O. The number of esters is 1. The molecule has 1 fully saturated rings. The summed E-state index contributed by atoms with van der Waals surface area (Å²) in [6, 6.07) is 7.13. The second-order valence-corrected chi connectivity index (χ2v) is 10.7. The number of rotatable bonds is 6. The number of para-hydroxylation sites is 1. The van der Waals surface area contributed by atoms with E-state index in [0.29, 0.717) is 12.2 Å². The molecule has 0 bridgehead atoms. The molecule has 37 heavy (non-hydrogen) atoms. The molecule has 2 aromatic rings. The highest BCUT2D eigenvalue weighted by Gasteiger charge is 2.44. The first-order valence-electron chi connectivity index (χ1n) is 11.9. The van der Waals surface area contributed by atoms with E-state index in [1.165, 1.54) is 17.7 Å². The number of benzene rings is 1. The molecule has 0 spiro atoms. The third kappa shape index (κ3) is 6.05. The fourth-order valence-electron chi connectivity index (χ4n) is 4.29. The zero-order valence-electron chi connectivity index (χ0n) is 21.0. The van der Waals surface area contributed by atoms with Crippen molar-refractivity contribution < 1.29 is 32.4 Å². The van der Waals surface area contributed by atoms with Gasteiger partial charge in [-0.1, -0.05) is 37.0 Å². The van der Waals surface area contributed by atoms with Crippen LogP contribution in [0.15, 0.2) is 40.1 Å². The smallest absolute Gasteiger partial charge is 0.460 e. The highest BCUT2D eigenvalue weighted by atomic mass is 31.2. The van der Waals surface area contributed by atoms with Crippen LogP contribution in [0.25, 0.3) is 0 Å². The Morgan fingerprint density at radius 3 is 2.78 bits per heavy atom. The van der Waals surface area contributed by atoms with Crippen molar-refractivity contribution in [2.45, 2.75) is 71.0 Å². The number of nitrogens with one attached hydrogen (secondary N) is 1. The maximum absolute atomic E-state index is 13.0. The molecule has 0 saturated carbocycles. The number of carbonyl (C=O) groups excluding carboxylic acids is 1. The molecule has 0 aliphatic carbocycles. The van der Waals surface area contributed by atoms with Crippen molar-refractivity contribution >= 4 is 13.8 Å². The number of carbonyl (C=O) groups is 1. The topological polar surface area (TPSA) is 135 Å². The highest BCUT2D eigenvalue weighted by molar-refractivity contribution is 7.49. The maximum atomic E-state index is 13.0. The molecular formula is C25H29N2O9P. The van der Waals surface area contributed by atoms with E-state index in [4.69, 9.17) is 23.0 Å². The Kier molecular flexibility index (Phi) is 7.76. The maximum Gasteiger partial charge on any atom is 0.530 e. The Hall–Kier alpha value is -3.16. The van der Waals surface area contributed by atoms with E-state index in [1.54, 1.807) is 26.0 Å². The van der Waals surface area contributed by atoms with Crippen LogP contribution in [0, 0.1) is 11.8 Å². The van der Waals surface area contributed by atoms with Gasteiger partial charge in [-0.15, -0.1) is 0 Å². The van der Waals surface area contributed by atoms with E-state index in [-0.39, 0.29) is 31.1 Å². The van der Waals surface area contributed by atoms with Crippen molar-refractivity contribution in [1.82, 2.24) is 9.55 Å². The predicted molar refractivity (Wildman–Crippen MR) is 132 cm³/mol. The molecule has 4 atom stereocenters. The van der Waals surface area contributed by atoms with Gasteiger partial charge < -0.3 is 14.0 Å². The van der Waals surface area contributed by atoms with Gasteiger partial charge in [0.05, 0.1) is 12.7 Å². The summed E-state index contributed by atoms with van der Waals surface area (Å²) >= 11 is 0. The van der Waals surface area contributed by atoms with Crippen LogP contribution in [0.2, 0.25) is 0 Å². The molecule has 4 rings (SSSR count). The molecule has 0 amide bonds. The summed E-state index contributed by atoms with van der Waals surface area (Å²) in [6.45, 7) is 6.67. The monoisotopic (exact) mass is 532 g/mol. The summed E-state index contributed by atoms with van der Waals surface area (Å²) in [5.41, 5.74) is -1.38. The van der Waals surface area contributed by atoms with E-state index < -0.39 is 43.0 Å². The Bertz CT molecular complexity index is 1400. The molecule has 0 radical (unpaired) electrons. The Morgan fingerprint density at radius 1 is 1.30 bits per heavy atom. The lowest BCUT2D eigenvalue weighted by atomic mass is 9.98. The summed E-state index contributed by atoms with van der Waals surface area (Å²) in [5, 5.41) is 0. The molecule has 12 heteroatoms. The normalized spacial score (nSPS) is 25.9. The number of aromatic amines is 1. The molecule has 3 heterocycles. The molecule has 2 aliphatic heterocycles. The number of nitrogens with zero attached hydrogens (tertiary/aromatic N) is 1. The molecule has 1 aromatic carbocycles. The minimum Gasteiger partial charge on any atom is -0.460 e. The lowest BCUT2D eigenvalue weighted by Gasteiger charge is -2.35. The van der Waals surface area contributed by atoms with Gasteiger partial charge in [0.25, 0.3) is 5.56 Å². The van der Waals surface area contributed by atoms with E-state index in [1.807, 2.05) is 19.1 Å². The number of H-pyrrole nitrogens is 1. The fraction of sp³-hybridized carbons (Fsp3) is 0.480. The molecule has 1 N–H and O–H groups in total. The van der Waals surface area contributed by atoms with Crippen LogP contribution in [0.3, 0.4) is 0 Å². The first-order valence-corrected chi connectivity index (χ1v) is 13.4. The molecule has 4 unspecified atom stereocenters. The van der Waals surface area contributed by atoms with Crippen LogP contribution in [0.1, 0.15) is 64.3 Å². The first-order chi connectivity index (χ1) is 17.5. The zero-order chi connectivity index (χ0) is 26.8. The third-order valence-corrected chi connectivity index (χ3v) is 7.56. The number of phosphoric ester groups is 1. The second kappa shape index (κ2) is 10.7. The summed E-state index contributed by atoms with van der Waals surface area (Å²) in [6.07, 6.45) is 0.685. The van der Waals surface area contributed by atoms with Gasteiger partial charge in [-0.25, -0.2) is 9.36 Å². The minimum absolute atomic E-state index is 0.0408. The molecule has 198 valence electrons. The van der Waals surface area contributed by atoms with Gasteiger partial charge in [-0.3, -0.25) is 28.2 Å². The first kappa shape index (κ1) is 26.9. The number of fused-ring (bicyclic) bond motifs is 1. The van der Waals surface area contributed by atoms with Crippen molar-refractivity contribution in [3.63, 3.8) is 0 Å². The van der Waals surface area contributed by atoms with Gasteiger partial charge >= 0.3 is 19.5 Å². The van der Waals surface area contributed by atoms with Crippen LogP contribution in [0.4, 0.5) is 0 Å². The number of ether oxygens (including phenoxy) is 2. The van der Waals surface area contributed by atoms with Crippen molar-refractivity contribution in [2.75, 3.05) is 6.61 Å². The summed E-state index contributed by atoms with van der Waals surface area (Å²) in [5.74, 6) is 5.48. The average Bonchev–Trinajstić information content (AvgIpc) is 3.21. The average molecular weight is 532 g/mol. The molecule has 1 aromatic heterocycles. The van der Waals surface area contributed by atoms with Crippen LogP contribution in [-0.4, -0.2) is 34.3 Å². The zero-order valence-corrected chi connectivity index (χ0v) is 21.9. The van der Waals surface area contributed by atoms with Crippen LogP contribution >= 0.6 is 7.82 Å². The number of phosphoric acid groups is 1. The Balaban J connectivity index is 1.42. The molecular weight excluding hydrogens is 503 g/mol. The Morgan fingerprint density at radius 2 is 2.05 bits per heavy atom. The van der Waals surface area contributed by atoms with E-state index >= 15 is 0 Å². The van der Waals surface area contributed by atoms with Gasteiger partial charge in [-0.05, 0) is 26.3 Å². The quantitative estimate of drug-likeness (QED) is 0.257. The van der Waals surface area contributed by atoms with Gasteiger partial charge in [0, 0.05) is 31.5 Å². The summed E-state index contributed by atoms with van der Waals surface area (Å²) in [7, 11) is -3.88. The molecule has 2 aliphatic rings. The second-order valence-electron chi connectivity index (χ2n) is 9.15. The Labute approximate surface area is 213 Å². The van der Waals surface area contributed by atoms with Crippen LogP contribution in [0.5, 0.6) is 5.75 Å². The lowest BCUT2D eigenvalue weighted by molar-refractivity contribution is -0.149. The molecule has 11 nitrogen and oxygen atoms in total. The van der Waals surface area contributed by atoms with Crippen molar-refractivity contribution in [2.24, 2.45) is 0 Å². The fourth-order valence-corrected chi connectivity index (χ4v) is 5.80. The van der Waals surface area contributed by atoms with E-state index in [2.05, 4.69) is 16.8 Å². The summed E-state index contributed by atoms with van der Waals surface area (Å²) in [4.78, 5) is 38.3. The van der Waals surface area contributed by atoms with Crippen LogP contribution < -0.4 is 15.8 Å². The van der Waals surface area contributed by atoms with Gasteiger partial charge in [0.2, 0.25) is 0 Å². The predicted octanol–water partition coefficient (Wildman–Crippen LogP) is 3.38. The third-order valence-electron chi connectivity index (χ3n) is 5.96. The van der Waals surface area contributed by atoms with Gasteiger partial charge in [0.1, 0.15) is 29.2 Å². The highest BCUT2D eigenvalue weighted by Crippen LogP contribution is 2.60. The lowest BCUT2D eigenvalue weighted by Crippen LogP contribution is -2.33. The van der Waals surface area contributed by atoms with Gasteiger partial charge in [0.15, 0.2) is 0 Å². The number of hydrogen-bond acceptors (Lipinski definition) is 9. The van der Waals surface area contributed by atoms with Gasteiger partial charge in [-0.2, -0.15) is 0 Å². The van der Waals surface area contributed by atoms with E-state index in [0.717, 1.165) is 5.56 Å². The van der Waals surface area contributed by atoms with E-state index in [9.17, 15) is 18.9 Å². The number of aromatic nitrogens is 2. The number of hydrogen-bond donors (Lipinski definition) is 1. The van der Waals surface area contributed by atoms with Crippen molar-refractivity contribution in [3.8, 4) is 17.6 Å². The minimum atomic E-state index is -3.88. The largest absolute Gasteiger partial charge is 0.530 e.